The second kappa shape index (κ2) is 4.87. The van der Waals surface area contributed by atoms with Crippen LogP contribution in [0.2, 0.25) is 0 Å². The molecule has 0 fully saturated rings. The zero-order valence-electron chi connectivity index (χ0n) is 12.4. The molecular weight excluding hydrogens is 242 g/mol. The van der Waals surface area contributed by atoms with Gasteiger partial charge in [-0.15, -0.1) is 0 Å². The molecule has 1 aromatic rings. The average Bonchev–Trinajstić information content (AvgIpc) is 2.68. The Morgan fingerprint density at radius 1 is 1.37 bits per heavy atom. The first-order chi connectivity index (χ1) is 8.78. The van der Waals surface area contributed by atoms with Gasteiger partial charge in [-0.25, -0.2) is 9.78 Å². The quantitative estimate of drug-likeness (QED) is 0.784. The second-order valence-corrected chi connectivity index (χ2v) is 6.31. The van der Waals surface area contributed by atoms with Gasteiger partial charge in [-0.1, -0.05) is 13.8 Å². The summed E-state index contributed by atoms with van der Waals surface area (Å²) in [5.41, 5.74) is 0.784. The topological polar surface area (TPSA) is 47.4 Å². The molecule has 1 aliphatic heterocycles. The summed E-state index contributed by atoms with van der Waals surface area (Å²) in [6, 6.07) is 0. The molecule has 0 atom stereocenters. The average molecular weight is 265 g/mol. The van der Waals surface area contributed by atoms with Crippen molar-refractivity contribution in [3.8, 4) is 0 Å². The second-order valence-electron chi connectivity index (χ2n) is 6.31. The highest BCUT2D eigenvalue weighted by Gasteiger charge is 2.27. The summed E-state index contributed by atoms with van der Waals surface area (Å²) in [4.78, 5) is 18.2. The first-order valence-electron chi connectivity index (χ1n) is 6.80. The van der Waals surface area contributed by atoms with E-state index < -0.39 is 5.60 Å². The molecule has 0 aliphatic carbocycles. The molecule has 1 aliphatic rings. The van der Waals surface area contributed by atoms with E-state index in [4.69, 9.17) is 4.74 Å². The monoisotopic (exact) mass is 265 g/mol. The van der Waals surface area contributed by atoms with Crippen molar-refractivity contribution in [2.45, 2.75) is 59.2 Å². The Morgan fingerprint density at radius 3 is 2.63 bits per heavy atom. The number of aromatic nitrogens is 2. The molecule has 5 heteroatoms. The van der Waals surface area contributed by atoms with Gasteiger partial charge in [-0.2, -0.15) is 0 Å². The number of carbonyl (C=O) groups is 1. The molecule has 0 aromatic carbocycles. The van der Waals surface area contributed by atoms with Crippen molar-refractivity contribution in [1.29, 1.82) is 0 Å². The lowest BCUT2D eigenvalue weighted by atomic mass is 10.1. The lowest BCUT2D eigenvalue weighted by Gasteiger charge is -2.31. The highest BCUT2D eigenvalue weighted by Crippen LogP contribution is 2.21. The predicted molar refractivity (Wildman–Crippen MR) is 73.0 cm³/mol. The third kappa shape index (κ3) is 3.08. The lowest BCUT2D eigenvalue weighted by molar-refractivity contribution is 0.0194. The van der Waals surface area contributed by atoms with E-state index in [1.165, 1.54) is 5.69 Å². The molecule has 2 rings (SSSR count). The number of imidazole rings is 1. The van der Waals surface area contributed by atoms with E-state index in [1.807, 2.05) is 27.0 Å². The van der Waals surface area contributed by atoms with Crippen LogP contribution in [-0.4, -0.2) is 32.7 Å². The molecule has 0 unspecified atom stereocenters. The Hall–Kier alpha value is -1.52. The van der Waals surface area contributed by atoms with Crippen LogP contribution in [0.15, 0.2) is 6.20 Å². The van der Waals surface area contributed by atoms with Crippen molar-refractivity contribution in [3.63, 3.8) is 0 Å². The molecule has 0 bridgehead atoms. The van der Waals surface area contributed by atoms with Gasteiger partial charge in [0.05, 0.1) is 6.54 Å². The SMILES string of the molecule is CC(C)c1cnc2n1CCN(C(=O)OC(C)(C)C)C2. The fourth-order valence-electron chi connectivity index (χ4n) is 2.23. The Morgan fingerprint density at radius 2 is 2.05 bits per heavy atom. The van der Waals surface area contributed by atoms with Crippen molar-refractivity contribution in [3.05, 3.63) is 17.7 Å². The summed E-state index contributed by atoms with van der Waals surface area (Å²) in [7, 11) is 0. The fourth-order valence-corrected chi connectivity index (χ4v) is 2.23. The Kier molecular flexibility index (Phi) is 3.56. The van der Waals surface area contributed by atoms with Crippen LogP contribution >= 0.6 is 0 Å². The highest BCUT2D eigenvalue weighted by molar-refractivity contribution is 5.68. The van der Waals surface area contributed by atoms with Gasteiger partial charge in [0.2, 0.25) is 0 Å². The van der Waals surface area contributed by atoms with E-state index in [0.29, 0.717) is 19.0 Å². The van der Waals surface area contributed by atoms with E-state index in [-0.39, 0.29) is 6.09 Å². The van der Waals surface area contributed by atoms with E-state index in [0.717, 1.165) is 12.4 Å². The third-order valence-corrected chi connectivity index (χ3v) is 3.14. The summed E-state index contributed by atoms with van der Waals surface area (Å²) in [6.45, 7) is 12.0. The molecule has 2 heterocycles. The first-order valence-corrected chi connectivity index (χ1v) is 6.80. The lowest BCUT2D eigenvalue weighted by Crippen LogP contribution is -2.41. The number of rotatable bonds is 1. The standard InChI is InChI=1S/C14H23N3O2/c1-10(2)11-8-15-12-9-16(6-7-17(11)12)13(18)19-14(3,4)5/h8,10H,6-7,9H2,1-5H3. The van der Waals surface area contributed by atoms with Gasteiger partial charge in [-0.3, -0.25) is 4.90 Å². The van der Waals surface area contributed by atoms with Crippen LogP contribution in [0.1, 0.15) is 52.1 Å². The zero-order valence-corrected chi connectivity index (χ0v) is 12.4. The normalized spacial score (nSPS) is 15.6. The van der Waals surface area contributed by atoms with Crippen molar-refractivity contribution in [1.82, 2.24) is 14.5 Å². The summed E-state index contributed by atoms with van der Waals surface area (Å²) in [5, 5.41) is 0. The number of amides is 1. The number of hydrogen-bond acceptors (Lipinski definition) is 3. The van der Waals surface area contributed by atoms with E-state index in [1.54, 1.807) is 4.90 Å². The van der Waals surface area contributed by atoms with Crippen molar-refractivity contribution in [2.75, 3.05) is 6.54 Å². The summed E-state index contributed by atoms with van der Waals surface area (Å²) < 4.78 is 7.61. The number of fused-ring (bicyclic) bond motifs is 1. The van der Waals surface area contributed by atoms with Gasteiger partial charge < -0.3 is 9.30 Å². The number of carbonyl (C=O) groups excluding carboxylic acids is 1. The molecule has 19 heavy (non-hydrogen) atoms. The van der Waals surface area contributed by atoms with Crippen LogP contribution in [0.25, 0.3) is 0 Å². The summed E-state index contributed by atoms with van der Waals surface area (Å²) in [6.07, 6.45) is 1.66. The number of hydrogen-bond donors (Lipinski definition) is 0. The van der Waals surface area contributed by atoms with Crippen LogP contribution in [0.3, 0.4) is 0 Å². The van der Waals surface area contributed by atoms with Crippen LogP contribution < -0.4 is 0 Å². The van der Waals surface area contributed by atoms with Gasteiger partial charge in [-0.05, 0) is 26.7 Å². The van der Waals surface area contributed by atoms with E-state index in [2.05, 4.69) is 23.4 Å². The van der Waals surface area contributed by atoms with Gasteiger partial charge in [0.1, 0.15) is 11.4 Å². The molecule has 0 saturated carbocycles. The molecular formula is C14H23N3O2. The Balaban J connectivity index is 2.09. The molecule has 106 valence electrons. The Bertz CT molecular complexity index is 472. The molecule has 1 amide bonds. The number of ether oxygens (including phenoxy) is 1. The van der Waals surface area contributed by atoms with Gasteiger partial charge in [0.15, 0.2) is 0 Å². The summed E-state index contributed by atoms with van der Waals surface area (Å²) in [5.74, 6) is 1.40. The minimum Gasteiger partial charge on any atom is -0.444 e. The Labute approximate surface area is 114 Å². The van der Waals surface area contributed by atoms with E-state index in [9.17, 15) is 4.79 Å². The first kappa shape index (κ1) is 13.9. The van der Waals surface area contributed by atoms with E-state index >= 15 is 0 Å². The van der Waals surface area contributed by atoms with Crippen LogP contribution in [0.5, 0.6) is 0 Å². The molecule has 1 aromatic heterocycles. The third-order valence-electron chi connectivity index (χ3n) is 3.14. The van der Waals surface area contributed by atoms with Crippen molar-refractivity contribution < 1.29 is 9.53 Å². The minimum absolute atomic E-state index is 0.257. The maximum absolute atomic E-state index is 12.0. The predicted octanol–water partition coefficient (Wildman–Crippen LogP) is 2.76. The molecule has 0 spiro atoms. The maximum Gasteiger partial charge on any atom is 0.410 e. The largest absolute Gasteiger partial charge is 0.444 e. The van der Waals surface area contributed by atoms with Crippen LogP contribution in [-0.2, 0) is 17.8 Å². The van der Waals surface area contributed by atoms with Crippen molar-refractivity contribution >= 4 is 6.09 Å². The highest BCUT2D eigenvalue weighted by atomic mass is 16.6. The van der Waals surface area contributed by atoms with Gasteiger partial charge in [0.25, 0.3) is 0 Å². The van der Waals surface area contributed by atoms with Crippen LogP contribution in [0, 0.1) is 0 Å². The van der Waals surface area contributed by atoms with Crippen LogP contribution in [0.4, 0.5) is 4.79 Å². The zero-order chi connectivity index (χ0) is 14.2. The molecule has 5 nitrogen and oxygen atoms in total. The summed E-state index contributed by atoms with van der Waals surface area (Å²) >= 11 is 0. The number of nitrogens with zero attached hydrogens (tertiary/aromatic N) is 3. The smallest absolute Gasteiger partial charge is 0.410 e. The minimum atomic E-state index is -0.451. The fraction of sp³-hybridized carbons (Fsp3) is 0.714. The molecule has 0 N–H and O–H groups in total. The molecule has 0 saturated heterocycles. The van der Waals surface area contributed by atoms with Gasteiger partial charge >= 0.3 is 6.09 Å². The maximum atomic E-state index is 12.0. The molecule has 0 radical (unpaired) electrons. The van der Waals surface area contributed by atoms with Gasteiger partial charge in [0, 0.05) is 25.0 Å². The van der Waals surface area contributed by atoms with Crippen molar-refractivity contribution in [2.24, 2.45) is 0 Å².